The summed E-state index contributed by atoms with van der Waals surface area (Å²) in [6, 6.07) is 5.76. The highest BCUT2D eigenvalue weighted by Gasteiger charge is 2.10. The Hall–Kier alpha value is -2.40. The molecule has 0 aliphatic rings. The summed E-state index contributed by atoms with van der Waals surface area (Å²) < 4.78 is 21.8. The molecule has 0 spiro atoms. The third kappa shape index (κ3) is 14.0. The Morgan fingerprint density at radius 3 is 2.47 bits per heavy atom. The van der Waals surface area contributed by atoms with E-state index < -0.39 is 0 Å². The Morgan fingerprint density at radius 2 is 1.74 bits per heavy atom. The fourth-order valence-corrected chi connectivity index (χ4v) is 3.13. The summed E-state index contributed by atoms with van der Waals surface area (Å²) in [7, 11) is 3.64. The molecule has 0 aromatic heterocycles. The Labute approximate surface area is 203 Å². The number of ether oxygens (including phenoxy) is 4. The SMILES string of the molecule is CCNC(=O)CCCOc1ccc(CN(C)CCCC(=O)NCOCCOCCN)c(OC)c1. The minimum absolute atomic E-state index is 0.0389. The second-order valence-electron chi connectivity index (χ2n) is 7.77. The number of carbonyl (C=O) groups is 2. The van der Waals surface area contributed by atoms with E-state index >= 15 is 0 Å². The van der Waals surface area contributed by atoms with E-state index in [1.165, 1.54) is 0 Å². The fraction of sp³-hybridized carbons (Fsp3) is 0.667. The van der Waals surface area contributed by atoms with Crippen LogP contribution in [0, 0.1) is 0 Å². The first kappa shape index (κ1) is 29.6. The quantitative estimate of drug-likeness (QED) is 0.187. The predicted octanol–water partition coefficient (Wildman–Crippen LogP) is 1.27. The lowest BCUT2D eigenvalue weighted by atomic mass is 10.1. The smallest absolute Gasteiger partial charge is 0.221 e. The fourth-order valence-electron chi connectivity index (χ4n) is 3.13. The molecule has 0 aliphatic heterocycles. The lowest BCUT2D eigenvalue weighted by Crippen LogP contribution is -2.28. The van der Waals surface area contributed by atoms with Gasteiger partial charge in [-0.05, 0) is 39.4 Å². The first-order chi connectivity index (χ1) is 16.5. The number of nitrogens with two attached hydrogens (primary N) is 1. The number of nitrogens with one attached hydrogen (secondary N) is 2. The Bertz CT molecular complexity index is 704. The van der Waals surface area contributed by atoms with Crippen LogP contribution in [-0.4, -0.2) is 83.7 Å². The molecule has 0 saturated carbocycles. The molecule has 10 heteroatoms. The van der Waals surface area contributed by atoms with Gasteiger partial charge in [0, 0.05) is 44.1 Å². The summed E-state index contributed by atoms with van der Waals surface area (Å²) in [5.41, 5.74) is 6.36. The van der Waals surface area contributed by atoms with Crippen LogP contribution in [0.4, 0.5) is 0 Å². The number of methoxy groups -OCH3 is 1. The molecule has 2 amide bonds. The van der Waals surface area contributed by atoms with Gasteiger partial charge in [0.05, 0.1) is 33.5 Å². The molecule has 0 aliphatic carbocycles. The highest BCUT2D eigenvalue weighted by molar-refractivity contribution is 5.76. The molecule has 4 N–H and O–H groups in total. The molecule has 0 bridgehead atoms. The first-order valence-corrected chi connectivity index (χ1v) is 11.9. The van der Waals surface area contributed by atoms with Crippen LogP contribution >= 0.6 is 0 Å². The van der Waals surface area contributed by atoms with Crippen molar-refractivity contribution in [1.82, 2.24) is 15.5 Å². The van der Waals surface area contributed by atoms with E-state index in [0.717, 1.165) is 24.3 Å². The molecule has 0 unspecified atom stereocenters. The minimum Gasteiger partial charge on any atom is -0.496 e. The van der Waals surface area contributed by atoms with Crippen molar-refractivity contribution in [2.75, 3.05) is 67.0 Å². The van der Waals surface area contributed by atoms with Crippen LogP contribution in [0.3, 0.4) is 0 Å². The van der Waals surface area contributed by atoms with Crippen molar-refractivity contribution in [3.05, 3.63) is 23.8 Å². The molecule has 34 heavy (non-hydrogen) atoms. The van der Waals surface area contributed by atoms with Crippen molar-refractivity contribution in [3.63, 3.8) is 0 Å². The summed E-state index contributed by atoms with van der Waals surface area (Å²) in [4.78, 5) is 25.6. The number of benzene rings is 1. The first-order valence-electron chi connectivity index (χ1n) is 11.9. The van der Waals surface area contributed by atoms with Gasteiger partial charge < -0.3 is 40.2 Å². The molecule has 0 fully saturated rings. The Kier molecular flexibility index (Phi) is 16.5. The third-order valence-corrected chi connectivity index (χ3v) is 4.84. The maximum Gasteiger partial charge on any atom is 0.221 e. The van der Waals surface area contributed by atoms with Gasteiger partial charge in [0.15, 0.2) is 0 Å². The number of amides is 2. The molecule has 0 heterocycles. The monoisotopic (exact) mass is 482 g/mol. The Balaban J connectivity index is 2.27. The van der Waals surface area contributed by atoms with Gasteiger partial charge in [-0.2, -0.15) is 0 Å². The van der Waals surface area contributed by atoms with Gasteiger partial charge in [0.25, 0.3) is 0 Å². The van der Waals surface area contributed by atoms with Crippen LogP contribution in [0.1, 0.15) is 38.2 Å². The van der Waals surface area contributed by atoms with E-state index in [2.05, 4.69) is 15.5 Å². The zero-order valence-corrected chi connectivity index (χ0v) is 20.9. The van der Waals surface area contributed by atoms with E-state index in [1.54, 1.807) is 7.11 Å². The van der Waals surface area contributed by atoms with Gasteiger partial charge in [0.1, 0.15) is 18.2 Å². The lowest BCUT2D eigenvalue weighted by Gasteiger charge is -2.19. The van der Waals surface area contributed by atoms with Crippen LogP contribution in [0.15, 0.2) is 18.2 Å². The summed E-state index contributed by atoms with van der Waals surface area (Å²) in [6.45, 7) is 6.52. The van der Waals surface area contributed by atoms with Crippen LogP contribution < -0.4 is 25.8 Å². The van der Waals surface area contributed by atoms with Gasteiger partial charge in [-0.25, -0.2) is 0 Å². The maximum absolute atomic E-state index is 11.9. The predicted molar refractivity (Wildman–Crippen MR) is 131 cm³/mol. The van der Waals surface area contributed by atoms with Crippen LogP contribution in [-0.2, 0) is 25.6 Å². The molecule has 10 nitrogen and oxygen atoms in total. The lowest BCUT2D eigenvalue weighted by molar-refractivity contribution is -0.123. The van der Waals surface area contributed by atoms with Gasteiger partial charge >= 0.3 is 0 Å². The highest BCUT2D eigenvalue weighted by atomic mass is 16.5. The van der Waals surface area contributed by atoms with Crippen LogP contribution in [0.2, 0.25) is 0 Å². The van der Waals surface area contributed by atoms with Crippen molar-refractivity contribution >= 4 is 11.8 Å². The average Bonchev–Trinajstić information content (AvgIpc) is 2.82. The topological polar surface area (TPSA) is 124 Å². The van der Waals surface area contributed by atoms with Crippen molar-refractivity contribution < 1.29 is 28.5 Å². The van der Waals surface area contributed by atoms with E-state index in [1.807, 2.05) is 32.2 Å². The molecule has 0 radical (unpaired) electrons. The van der Waals surface area contributed by atoms with E-state index in [4.69, 9.17) is 24.7 Å². The number of carbonyl (C=O) groups excluding carboxylic acids is 2. The van der Waals surface area contributed by atoms with Crippen molar-refractivity contribution in [3.8, 4) is 11.5 Å². The number of hydrogen-bond acceptors (Lipinski definition) is 8. The average molecular weight is 483 g/mol. The maximum atomic E-state index is 11.9. The molecule has 1 aromatic rings. The molecule has 194 valence electrons. The molecular formula is C24H42N4O6. The van der Waals surface area contributed by atoms with Crippen LogP contribution in [0.5, 0.6) is 11.5 Å². The summed E-state index contributed by atoms with van der Waals surface area (Å²) in [5.74, 6) is 1.46. The molecule has 1 aromatic carbocycles. The molecule has 0 atom stereocenters. The van der Waals surface area contributed by atoms with Crippen molar-refractivity contribution in [1.29, 1.82) is 0 Å². The molecular weight excluding hydrogens is 440 g/mol. The number of nitrogens with zero attached hydrogens (tertiary/aromatic N) is 1. The zero-order chi connectivity index (χ0) is 25.0. The molecule has 1 rings (SSSR count). The van der Waals surface area contributed by atoms with Gasteiger partial charge in [-0.3, -0.25) is 9.59 Å². The van der Waals surface area contributed by atoms with Crippen LogP contribution in [0.25, 0.3) is 0 Å². The molecule has 0 saturated heterocycles. The highest BCUT2D eigenvalue weighted by Crippen LogP contribution is 2.26. The minimum atomic E-state index is -0.0393. The van der Waals surface area contributed by atoms with E-state index in [9.17, 15) is 9.59 Å². The summed E-state index contributed by atoms with van der Waals surface area (Å²) in [6.07, 6.45) is 2.26. The zero-order valence-electron chi connectivity index (χ0n) is 20.9. The number of hydrogen-bond donors (Lipinski definition) is 3. The summed E-state index contributed by atoms with van der Waals surface area (Å²) in [5, 5.41) is 5.51. The second kappa shape index (κ2) is 19.0. The number of rotatable bonds is 20. The van der Waals surface area contributed by atoms with Gasteiger partial charge in [0.2, 0.25) is 11.8 Å². The van der Waals surface area contributed by atoms with Crippen molar-refractivity contribution in [2.24, 2.45) is 5.73 Å². The van der Waals surface area contributed by atoms with Crippen molar-refractivity contribution in [2.45, 2.75) is 39.2 Å². The normalized spacial score (nSPS) is 10.9. The summed E-state index contributed by atoms with van der Waals surface area (Å²) >= 11 is 0. The van der Waals surface area contributed by atoms with Gasteiger partial charge in [-0.1, -0.05) is 6.07 Å². The second-order valence-corrected chi connectivity index (χ2v) is 7.77. The largest absolute Gasteiger partial charge is 0.496 e. The standard InChI is InChI=1S/C24H42N4O6/c1-4-26-23(29)8-6-13-34-21-10-9-20(22(17-21)31-3)18-28(2)12-5-7-24(30)27-19-33-16-15-32-14-11-25/h9-10,17H,4-8,11-16,18-19,25H2,1-3H3,(H,26,29)(H,27,30). The van der Waals surface area contributed by atoms with Gasteiger partial charge in [-0.15, -0.1) is 0 Å². The van der Waals surface area contributed by atoms with E-state index in [0.29, 0.717) is 71.1 Å². The third-order valence-electron chi connectivity index (χ3n) is 4.84. The Morgan fingerprint density at radius 1 is 1.00 bits per heavy atom. The van der Waals surface area contributed by atoms with E-state index in [-0.39, 0.29) is 18.5 Å².